The molecule has 27 heavy (non-hydrogen) atoms. The van der Waals surface area contributed by atoms with Gasteiger partial charge in [-0.3, -0.25) is 0 Å². The van der Waals surface area contributed by atoms with E-state index < -0.39 is 0 Å². The molecule has 0 spiro atoms. The summed E-state index contributed by atoms with van der Waals surface area (Å²) in [6.07, 6.45) is 30.5. The minimum absolute atomic E-state index is 0. The van der Waals surface area contributed by atoms with Gasteiger partial charge in [-0.2, -0.15) is 4.84 Å². The van der Waals surface area contributed by atoms with Gasteiger partial charge in [0.25, 0.3) is 0 Å². The lowest BCUT2D eigenvalue weighted by Gasteiger charge is -2.14. The summed E-state index contributed by atoms with van der Waals surface area (Å²) in [5.41, 5.74) is 0.990. The SMILES string of the molecule is C=C1C=CC=C[NH+]1OCCCCCCCCCCCCCCCCCC.[Cl-]. The zero-order valence-corrected chi connectivity index (χ0v) is 18.6. The third-order valence-corrected chi connectivity index (χ3v) is 5.23. The molecule has 1 N–H and O–H groups in total. The van der Waals surface area contributed by atoms with Crippen molar-refractivity contribution in [2.75, 3.05) is 6.61 Å². The first-order chi connectivity index (χ1) is 12.8. The molecule has 0 bridgehead atoms. The molecule has 1 unspecified atom stereocenters. The van der Waals surface area contributed by atoms with E-state index in [1.807, 2.05) is 24.4 Å². The summed E-state index contributed by atoms with van der Waals surface area (Å²) in [7, 11) is 0. The lowest BCUT2D eigenvalue weighted by atomic mass is 10.0. The Hall–Kier alpha value is -0.570. The molecule has 0 aromatic heterocycles. The number of quaternary nitrogens is 1. The normalized spacial score (nSPS) is 15.9. The molecule has 158 valence electrons. The Labute approximate surface area is 175 Å². The summed E-state index contributed by atoms with van der Waals surface area (Å²) in [5, 5.41) is 0.938. The molecule has 1 aliphatic heterocycles. The molecule has 2 nitrogen and oxygen atoms in total. The molecule has 3 heteroatoms. The Morgan fingerprint density at radius 3 is 1.59 bits per heavy atom. The van der Waals surface area contributed by atoms with E-state index in [2.05, 4.69) is 13.5 Å². The Morgan fingerprint density at radius 1 is 0.704 bits per heavy atom. The summed E-state index contributed by atoms with van der Waals surface area (Å²) < 4.78 is 0. The number of hydrogen-bond acceptors (Lipinski definition) is 1. The molecule has 1 atom stereocenters. The van der Waals surface area contributed by atoms with Gasteiger partial charge in [-0.25, -0.2) is 0 Å². The lowest BCUT2D eigenvalue weighted by Crippen LogP contribution is -3.04. The maximum Gasteiger partial charge on any atom is 0.161 e. The number of rotatable bonds is 18. The van der Waals surface area contributed by atoms with Crippen LogP contribution in [0.1, 0.15) is 110 Å². The van der Waals surface area contributed by atoms with E-state index >= 15 is 0 Å². The quantitative estimate of drug-likeness (QED) is 0.348. The van der Waals surface area contributed by atoms with Gasteiger partial charge in [-0.15, -0.1) is 5.06 Å². The van der Waals surface area contributed by atoms with Crippen LogP contribution in [0.3, 0.4) is 0 Å². The van der Waals surface area contributed by atoms with Crippen LogP contribution in [0.5, 0.6) is 0 Å². The molecule has 0 saturated carbocycles. The molecule has 0 aromatic carbocycles. The molecule has 1 aliphatic rings. The second-order valence-electron chi connectivity index (χ2n) is 7.76. The van der Waals surface area contributed by atoms with Crippen LogP contribution >= 0.6 is 0 Å². The Balaban J connectivity index is 0.00000676. The topological polar surface area (TPSA) is 13.7 Å². The molecular weight excluding hydrogens is 354 g/mol. The molecule has 1 rings (SSSR count). The number of unbranched alkanes of at least 4 members (excludes halogenated alkanes) is 15. The number of nitrogens with one attached hydrogen (secondary N) is 1. The van der Waals surface area contributed by atoms with Crippen molar-refractivity contribution in [3.63, 3.8) is 0 Å². The van der Waals surface area contributed by atoms with Crippen LogP contribution < -0.4 is 17.5 Å². The predicted octanol–water partition coefficient (Wildman–Crippen LogP) is 3.67. The second-order valence-corrected chi connectivity index (χ2v) is 7.76. The van der Waals surface area contributed by atoms with E-state index in [-0.39, 0.29) is 12.4 Å². The van der Waals surface area contributed by atoms with Crippen molar-refractivity contribution >= 4 is 0 Å². The standard InChI is InChI=1S/C24H43NO.ClH/c1-3-4-5-6-7-8-9-10-11-12-13-14-15-16-17-20-23-26-25-22-19-18-21-24(25)2;/h18-19,21-22H,2-17,20,23H2,1H3;1H. The van der Waals surface area contributed by atoms with E-state index in [0.717, 1.165) is 23.8 Å². The summed E-state index contributed by atoms with van der Waals surface area (Å²) >= 11 is 0. The molecule has 1 heterocycles. The Kier molecular flexibility index (Phi) is 19.7. The van der Waals surface area contributed by atoms with Crippen molar-refractivity contribution < 1.29 is 22.3 Å². The third-order valence-electron chi connectivity index (χ3n) is 5.23. The first-order valence-electron chi connectivity index (χ1n) is 11.4. The fraction of sp³-hybridized carbons (Fsp3) is 0.750. The Morgan fingerprint density at radius 2 is 1.15 bits per heavy atom. The van der Waals surface area contributed by atoms with Crippen LogP contribution in [0.25, 0.3) is 0 Å². The van der Waals surface area contributed by atoms with Gasteiger partial charge >= 0.3 is 0 Å². The van der Waals surface area contributed by atoms with Crippen molar-refractivity contribution in [1.29, 1.82) is 0 Å². The van der Waals surface area contributed by atoms with Crippen molar-refractivity contribution in [3.8, 4) is 0 Å². The van der Waals surface area contributed by atoms with E-state index in [0.29, 0.717) is 0 Å². The summed E-state index contributed by atoms with van der Waals surface area (Å²) in [6, 6.07) is 0. The van der Waals surface area contributed by atoms with Crippen molar-refractivity contribution in [3.05, 3.63) is 36.7 Å². The number of halogens is 1. The van der Waals surface area contributed by atoms with E-state index in [1.54, 1.807) is 0 Å². The number of hydrogen-bond donors (Lipinski definition) is 1. The summed E-state index contributed by atoms with van der Waals surface area (Å²) in [4.78, 5) is 5.79. The lowest BCUT2D eigenvalue weighted by molar-refractivity contribution is -1.02. The average Bonchev–Trinajstić information content (AvgIpc) is 2.65. The minimum Gasteiger partial charge on any atom is -1.00 e. The van der Waals surface area contributed by atoms with E-state index in [4.69, 9.17) is 4.84 Å². The van der Waals surface area contributed by atoms with Crippen LogP contribution in [-0.2, 0) is 4.84 Å². The smallest absolute Gasteiger partial charge is 0.161 e. The molecule has 0 radical (unpaired) electrons. The van der Waals surface area contributed by atoms with Crippen molar-refractivity contribution in [1.82, 2.24) is 0 Å². The van der Waals surface area contributed by atoms with Gasteiger partial charge in [0.05, 0.1) is 0 Å². The van der Waals surface area contributed by atoms with Gasteiger partial charge in [-0.1, -0.05) is 109 Å². The van der Waals surface area contributed by atoms with Crippen LogP contribution in [0.15, 0.2) is 36.7 Å². The zero-order chi connectivity index (χ0) is 18.7. The monoisotopic (exact) mass is 397 g/mol. The van der Waals surface area contributed by atoms with Crippen molar-refractivity contribution in [2.45, 2.75) is 110 Å². The average molecular weight is 398 g/mol. The van der Waals surface area contributed by atoms with Crippen LogP contribution in [0.2, 0.25) is 0 Å². The molecule has 0 aliphatic carbocycles. The fourth-order valence-corrected chi connectivity index (χ4v) is 3.48. The maximum absolute atomic E-state index is 5.79. The third kappa shape index (κ3) is 16.1. The van der Waals surface area contributed by atoms with Gasteiger partial charge in [0.1, 0.15) is 12.8 Å². The van der Waals surface area contributed by atoms with Crippen LogP contribution in [-0.4, -0.2) is 6.61 Å². The highest BCUT2D eigenvalue weighted by atomic mass is 35.5. The van der Waals surface area contributed by atoms with E-state index in [9.17, 15) is 0 Å². The minimum atomic E-state index is 0. The number of allylic oxidation sites excluding steroid dienone is 3. The molecule has 0 saturated heterocycles. The fourth-order valence-electron chi connectivity index (χ4n) is 3.48. The zero-order valence-electron chi connectivity index (χ0n) is 17.8. The highest BCUT2D eigenvalue weighted by Gasteiger charge is 2.10. The first kappa shape index (κ1) is 26.4. The molecule has 0 aromatic rings. The van der Waals surface area contributed by atoms with Gasteiger partial charge in [0, 0.05) is 6.08 Å². The number of hydroxylamine groups is 2. The molecule has 0 amide bonds. The predicted molar refractivity (Wildman–Crippen MR) is 114 cm³/mol. The highest BCUT2D eigenvalue weighted by molar-refractivity contribution is 5.15. The second kappa shape index (κ2) is 20.2. The van der Waals surface area contributed by atoms with Crippen LogP contribution in [0.4, 0.5) is 0 Å². The maximum atomic E-state index is 5.79. The van der Waals surface area contributed by atoms with Gasteiger partial charge in [0.15, 0.2) is 5.70 Å². The molecular formula is C24H44ClNO. The highest BCUT2D eigenvalue weighted by Crippen LogP contribution is 2.13. The van der Waals surface area contributed by atoms with Gasteiger partial charge in [-0.05, 0) is 19.1 Å². The van der Waals surface area contributed by atoms with Crippen molar-refractivity contribution in [2.24, 2.45) is 0 Å². The summed E-state index contributed by atoms with van der Waals surface area (Å²) in [5.74, 6) is 0. The van der Waals surface area contributed by atoms with Gasteiger partial charge in [0.2, 0.25) is 0 Å². The van der Waals surface area contributed by atoms with E-state index in [1.165, 1.54) is 96.3 Å². The van der Waals surface area contributed by atoms with Gasteiger partial charge < -0.3 is 12.4 Å². The molecule has 0 fully saturated rings. The summed E-state index contributed by atoms with van der Waals surface area (Å²) in [6.45, 7) is 7.11. The largest absolute Gasteiger partial charge is 1.00 e. The Bertz CT molecular complexity index is 392. The first-order valence-corrected chi connectivity index (χ1v) is 11.4. The van der Waals surface area contributed by atoms with Crippen LogP contribution in [0, 0.1) is 0 Å².